The fraction of sp³-hybridized carbons (Fsp3) is 0.600. The minimum absolute atomic E-state index is 0.657. The molecule has 0 aromatic heterocycles. The monoisotopic (exact) mass is 266 g/mol. The molecule has 100 valence electrons. The number of hydrogen-bond donors (Lipinski definition) is 1. The molecule has 0 amide bonds. The van der Waals surface area contributed by atoms with Crippen LogP contribution in [0.2, 0.25) is 5.02 Å². The maximum atomic E-state index is 5.90. The van der Waals surface area contributed by atoms with E-state index in [2.05, 4.69) is 29.4 Å². The predicted octanol–water partition coefficient (Wildman–Crippen LogP) is 3.30. The summed E-state index contributed by atoms with van der Waals surface area (Å²) in [5.41, 5.74) is 1.33. The van der Waals surface area contributed by atoms with Crippen LogP contribution in [0.25, 0.3) is 0 Å². The lowest BCUT2D eigenvalue weighted by Crippen LogP contribution is -2.38. The Balaban J connectivity index is 1.80. The van der Waals surface area contributed by atoms with Crippen molar-refractivity contribution in [2.75, 3.05) is 20.1 Å². The Bertz CT molecular complexity index is 342. The minimum Gasteiger partial charge on any atom is -0.313 e. The van der Waals surface area contributed by atoms with Gasteiger partial charge in [-0.2, -0.15) is 0 Å². The standard InChI is InChI=1S/C15H23ClN2/c1-18(11-13-6-8-14(16)9-7-13)12-15-5-3-2-4-10-17-15/h6-9,15,17H,2-5,10-12H2,1H3. The highest BCUT2D eigenvalue weighted by molar-refractivity contribution is 6.30. The quantitative estimate of drug-likeness (QED) is 0.900. The van der Waals surface area contributed by atoms with E-state index >= 15 is 0 Å². The average Bonchev–Trinajstić information content (AvgIpc) is 2.61. The lowest BCUT2D eigenvalue weighted by Gasteiger charge is -2.23. The van der Waals surface area contributed by atoms with E-state index in [1.165, 1.54) is 37.8 Å². The molecule has 1 unspecified atom stereocenters. The maximum Gasteiger partial charge on any atom is 0.0406 e. The van der Waals surface area contributed by atoms with Crippen molar-refractivity contribution in [1.82, 2.24) is 10.2 Å². The highest BCUT2D eigenvalue weighted by Crippen LogP contribution is 2.13. The zero-order valence-electron chi connectivity index (χ0n) is 11.2. The summed E-state index contributed by atoms with van der Waals surface area (Å²) in [5.74, 6) is 0. The van der Waals surface area contributed by atoms with Gasteiger partial charge in [0.1, 0.15) is 0 Å². The summed E-state index contributed by atoms with van der Waals surface area (Å²) in [6.45, 7) is 3.30. The first-order chi connectivity index (χ1) is 8.74. The molecule has 2 nitrogen and oxygen atoms in total. The van der Waals surface area contributed by atoms with Crippen LogP contribution in [0, 0.1) is 0 Å². The molecule has 0 aliphatic carbocycles. The highest BCUT2D eigenvalue weighted by Gasteiger charge is 2.13. The van der Waals surface area contributed by atoms with Gasteiger partial charge in [0.05, 0.1) is 0 Å². The van der Waals surface area contributed by atoms with Crippen LogP contribution in [-0.4, -0.2) is 31.1 Å². The first-order valence-corrected chi connectivity index (χ1v) is 7.28. The molecular formula is C15H23ClN2. The summed E-state index contributed by atoms with van der Waals surface area (Å²) in [5, 5.41) is 4.46. The Kier molecular flexibility index (Phi) is 5.48. The fourth-order valence-electron chi connectivity index (χ4n) is 2.60. The molecule has 1 saturated heterocycles. The van der Waals surface area contributed by atoms with E-state index in [1.54, 1.807) is 0 Å². The fourth-order valence-corrected chi connectivity index (χ4v) is 2.72. The Hall–Kier alpha value is -0.570. The zero-order chi connectivity index (χ0) is 12.8. The van der Waals surface area contributed by atoms with Crippen LogP contribution in [0.4, 0.5) is 0 Å². The molecule has 1 aromatic rings. The number of rotatable bonds is 4. The first kappa shape index (κ1) is 13.9. The topological polar surface area (TPSA) is 15.3 Å². The van der Waals surface area contributed by atoms with Crippen LogP contribution < -0.4 is 5.32 Å². The number of benzene rings is 1. The van der Waals surface area contributed by atoms with Crippen molar-refractivity contribution in [3.63, 3.8) is 0 Å². The molecule has 18 heavy (non-hydrogen) atoms. The van der Waals surface area contributed by atoms with Crippen LogP contribution >= 0.6 is 11.6 Å². The summed E-state index contributed by atoms with van der Waals surface area (Å²) < 4.78 is 0. The molecule has 3 heteroatoms. The molecule has 1 fully saturated rings. The van der Waals surface area contributed by atoms with Gasteiger partial charge in [-0.1, -0.05) is 36.6 Å². The summed E-state index contributed by atoms with van der Waals surface area (Å²) in [7, 11) is 2.20. The summed E-state index contributed by atoms with van der Waals surface area (Å²) >= 11 is 5.90. The molecule has 0 radical (unpaired) electrons. The number of nitrogens with zero attached hydrogens (tertiary/aromatic N) is 1. The van der Waals surface area contributed by atoms with Gasteiger partial charge < -0.3 is 10.2 Å². The van der Waals surface area contributed by atoms with Gasteiger partial charge >= 0.3 is 0 Å². The van der Waals surface area contributed by atoms with Gasteiger partial charge in [-0.15, -0.1) is 0 Å². The number of nitrogens with one attached hydrogen (secondary N) is 1. The molecule has 1 heterocycles. The van der Waals surface area contributed by atoms with Crippen molar-refractivity contribution in [2.24, 2.45) is 0 Å². The van der Waals surface area contributed by atoms with Crippen LogP contribution in [0.15, 0.2) is 24.3 Å². The molecule has 0 spiro atoms. The first-order valence-electron chi connectivity index (χ1n) is 6.90. The Morgan fingerprint density at radius 1 is 1.22 bits per heavy atom. The number of hydrogen-bond acceptors (Lipinski definition) is 2. The average molecular weight is 267 g/mol. The molecule has 2 rings (SSSR count). The highest BCUT2D eigenvalue weighted by atomic mass is 35.5. The molecule has 1 aliphatic rings. The smallest absolute Gasteiger partial charge is 0.0406 e. The third-order valence-corrected chi connectivity index (χ3v) is 3.81. The van der Waals surface area contributed by atoms with Gasteiger partial charge in [-0.3, -0.25) is 0 Å². The normalized spacial score (nSPS) is 20.9. The molecular weight excluding hydrogens is 244 g/mol. The Morgan fingerprint density at radius 2 is 2.00 bits per heavy atom. The lowest BCUT2D eigenvalue weighted by atomic mass is 10.1. The van der Waals surface area contributed by atoms with Crippen molar-refractivity contribution >= 4 is 11.6 Å². The largest absolute Gasteiger partial charge is 0.313 e. The third kappa shape index (κ3) is 4.60. The van der Waals surface area contributed by atoms with E-state index in [-0.39, 0.29) is 0 Å². The third-order valence-electron chi connectivity index (χ3n) is 3.56. The van der Waals surface area contributed by atoms with Crippen LogP contribution in [0.1, 0.15) is 31.2 Å². The molecule has 1 aliphatic heterocycles. The molecule has 0 saturated carbocycles. The Morgan fingerprint density at radius 3 is 2.78 bits per heavy atom. The van der Waals surface area contributed by atoms with Crippen LogP contribution in [-0.2, 0) is 6.54 Å². The van der Waals surface area contributed by atoms with E-state index in [4.69, 9.17) is 11.6 Å². The van der Waals surface area contributed by atoms with E-state index in [0.717, 1.165) is 18.1 Å². The minimum atomic E-state index is 0.657. The maximum absolute atomic E-state index is 5.90. The lowest BCUT2D eigenvalue weighted by molar-refractivity contribution is 0.278. The second kappa shape index (κ2) is 7.13. The molecule has 1 aromatic carbocycles. The second-order valence-corrected chi connectivity index (χ2v) is 5.76. The van der Waals surface area contributed by atoms with E-state index in [1.807, 2.05) is 12.1 Å². The Labute approximate surface area is 115 Å². The second-order valence-electron chi connectivity index (χ2n) is 5.32. The van der Waals surface area contributed by atoms with Gasteiger partial charge in [-0.25, -0.2) is 0 Å². The van der Waals surface area contributed by atoms with Crippen molar-refractivity contribution in [3.05, 3.63) is 34.9 Å². The van der Waals surface area contributed by atoms with Gasteiger partial charge in [0.2, 0.25) is 0 Å². The molecule has 1 atom stereocenters. The summed E-state index contributed by atoms with van der Waals surface area (Å²) in [6, 6.07) is 8.81. The van der Waals surface area contributed by atoms with Gasteiger partial charge in [0.25, 0.3) is 0 Å². The molecule has 1 N–H and O–H groups in total. The van der Waals surface area contributed by atoms with Crippen LogP contribution in [0.3, 0.4) is 0 Å². The van der Waals surface area contributed by atoms with E-state index < -0.39 is 0 Å². The van der Waals surface area contributed by atoms with Crippen molar-refractivity contribution in [2.45, 2.75) is 38.3 Å². The van der Waals surface area contributed by atoms with Gasteiger partial charge in [0.15, 0.2) is 0 Å². The number of likely N-dealkylation sites (N-methyl/N-ethyl adjacent to an activating group) is 1. The van der Waals surface area contributed by atoms with Gasteiger partial charge in [0, 0.05) is 24.2 Å². The predicted molar refractivity (Wildman–Crippen MR) is 78.0 cm³/mol. The summed E-state index contributed by atoms with van der Waals surface area (Å²) in [6.07, 6.45) is 5.39. The summed E-state index contributed by atoms with van der Waals surface area (Å²) in [4.78, 5) is 2.40. The van der Waals surface area contributed by atoms with Crippen molar-refractivity contribution in [1.29, 1.82) is 0 Å². The number of halogens is 1. The van der Waals surface area contributed by atoms with Crippen molar-refractivity contribution in [3.8, 4) is 0 Å². The van der Waals surface area contributed by atoms with E-state index in [9.17, 15) is 0 Å². The van der Waals surface area contributed by atoms with Crippen LogP contribution in [0.5, 0.6) is 0 Å². The molecule has 0 bridgehead atoms. The van der Waals surface area contributed by atoms with Crippen molar-refractivity contribution < 1.29 is 0 Å². The van der Waals surface area contributed by atoms with E-state index in [0.29, 0.717) is 6.04 Å². The van der Waals surface area contributed by atoms with Gasteiger partial charge in [-0.05, 0) is 44.1 Å². The SMILES string of the molecule is CN(Cc1ccc(Cl)cc1)CC1CCCCCN1. The zero-order valence-corrected chi connectivity index (χ0v) is 11.9.